The first-order valence-electron chi connectivity index (χ1n) is 22.7. The number of nitrogens with two attached hydrogens (primary N) is 1. The number of hydrogen-bond donors (Lipinski definition) is 13. The van der Waals surface area contributed by atoms with Crippen molar-refractivity contribution in [3.63, 3.8) is 0 Å². The first-order chi connectivity index (χ1) is 31.8. The number of amides is 8. The molecule has 0 aromatic heterocycles. The molecule has 0 radical (unpaired) electrons. The minimum absolute atomic E-state index is 0.0454. The highest BCUT2D eigenvalue weighted by atomic mass is 16.4. The highest BCUT2D eigenvalue weighted by Gasteiger charge is 2.36. The normalized spacial score (nSPS) is 15.7. The zero-order valence-electron chi connectivity index (χ0n) is 40.3. The van der Waals surface area contributed by atoms with Crippen molar-refractivity contribution < 1.29 is 68.4 Å². The third-order valence-electron chi connectivity index (χ3n) is 10.9. The third-order valence-corrected chi connectivity index (χ3v) is 10.9. The first-order valence-corrected chi connectivity index (χ1v) is 22.7. The van der Waals surface area contributed by atoms with E-state index >= 15 is 0 Å². The molecule has 23 nitrogen and oxygen atoms in total. The quantitative estimate of drug-likeness (QED) is 0.0389. The molecule has 8 amide bonds. The van der Waals surface area contributed by atoms with E-state index in [1.807, 2.05) is 0 Å². The zero-order chi connectivity index (χ0) is 52.0. The Balaban J connectivity index is 3.29. The number of benzene rings is 1. The lowest BCUT2D eigenvalue weighted by molar-refractivity contribution is -0.143. The van der Waals surface area contributed by atoms with Gasteiger partial charge in [0.2, 0.25) is 47.3 Å². The van der Waals surface area contributed by atoms with Crippen molar-refractivity contribution in [3.8, 4) is 0 Å². The van der Waals surface area contributed by atoms with Crippen LogP contribution in [0.3, 0.4) is 0 Å². The Kier molecular flexibility index (Phi) is 26.0. The fraction of sp³-hybridized carbons (Fsp3) is 0.644. The SMILES string of the molecule is CC[C@H](C)[C@H](NC(=O)[C@@H](N)CO)C(=O)N[C@H](C(=O)N[C@@H](C)C(=O)N[C@@H](CO)C(=O)N[C@@H](Cc1ccccc1)C(=O)N[C@H](C(=O)N[C@@H](CCC(=O)O)C(=O)N[C@@H](CC(C)C)C(=O)O)C(C)C)C(C)C. The highest BCUT2D eigenvalue weighted by Crippen LogP contribution is 2.13. The lowest BCUT2D eigenvalue weighted by Gasteiger charge is -2.29. The molecular formula is C45H73N9O14. The van der Waals surface area contributed by atoms with Gasteiger partial charge in [0.25, 0.3) is 0 Å². The fourth-order valence-electron chi connectivity index (χ4n) is 6.57. The fourth-order valence-corrected chi connectivity index (χ4v) is 6.57. The van der Waals surface area contributed by atoms with E-state index < -0.39 is 157 Å². The summed E-state index contributed by atoms with van der Waals surface area (Å²) in [7, 11) is 0. The molecule has 10 atom stereocenters. The van der Waals surface area contributed by atoms with Gasteiger partial charge in [0, 0.05) is 12.8 Å². The molecule has 23 heteroatoms. The maximum absolute atomic E-state index is 14.0. The van der Waals surface area contributed by atoms with Gasteiger partial charge < -0.3 is 68.7 Å². The van der Waals surface area contributed by atoms with Gasteiger partial charge >= 0.3 is 11.9 Å². The molecule has 382 valence electrons. The predicted molar refractivity (Wildman–Crippen MR) is 247 cm³/mol. The average Bonchev–Trinajstić information content (AvgIpc) is 3.27. The van der Waals surface area contributed by atoms with Gasteiger partial charge in [-0.15, -0.1) is 0 Å². The van der Waals surface area contributed by atoms with Crippen molar-refractivity contribution >= 4 is 59.2 Å². The summed E-state index contributed by atoms with van der Waals surface area (Å²) >= 11 is 0. The number of rotatable bonds is 30. The average molecular weight is 964 g/mol. The van der Waals surface area contributed by atoms with Gasteiger partial charge in [0.05, 0.1) is 13.2 Å². The number of nitrogens with one attached hydrogen (secondary N) is 8. The molecule has 0 unspecified atom stereocenters. The van der Waals surface area contributed by atoms with Gasteiger partial charge in [0.15, 0.2) is 0 Å². The summed E-state index contributed by atoms with van der Waals surface area (Å²) in [6.07, 6.45) is -0.646. The Bertz CT molecular complexity index is 1880. The number of carbonyl (C=O) groups is 10. The Morgan fingerprint density at radius 1 is 0.529 bits per heavy atom. The monoisotopic (exact) mass is 964 g/mol. The van der Waals surface area contributed by atoms with Crippen molar-refractivity contribution in [3.05, 3.63) is 35.9 Å². The van der Waals surface area contributed by atoms with Gasteiger partial charge in [-0.1, -0.05) is 92.1 Å². The first kappa shape index (κ1) is 59.8. The van der Waals surface area contributed by atoms with Gasteiger partial charge in [-0.3, -0.25) is 43.2 Å². The summed E-state index contributed by atoms with van der Waals surface area (Å²) in [4.78, 5) is 131. The standard InChI is InChI=1S/C45H73N9O14/c1-10-25(8)36(54-38(60)28(46)20-55)44(66)53-34(23(4)5)42(64)47-26(9)37(59)51-32(21-56)41(63)49-30(19-27-14-12-11-13-15-27)40(62)52-35(24(6)7)43(65)48-29(16-17-33(57)58)39(61)50-31(45(67)68)18-22(2)3/h11-15,22-26,28-32,34-36,55-56H,10,16-21,46H2,1-9H3,(H,47,64)(H,48,65)(H,49,63)(H,50,61)(H,51,59)(H,52,62)(H,53,66)(H,54,60)(H,57,58)(H,67,68)/t25-,26-,28-,29-,30-,31-,32-,34-,35-,36-/m0/s1. The van der Waals surface area contributed by atoms with Crippen molar-refractivity contribution in [1.82, 2.24) is 42.5 Å². The van der Waals surface area contributed by atoms with Crippen LogP contribution in [0.5, 0.6) is 0 Å². The van der Waals surface area contributed by atoms with Crippen LogP contribution < -0.4 is 48.3 Å². The largest absolute Gasteiger partial charge is 0.481 e. The van der Waals surface area contributed by atoms with Crippen LogP contribution in [0.2, 0.25) is 0 Å². The van der Waals surface area contributed by atoms with Crippen LogP contribution in [0.4, 0.5) is 0 Å². The summed E-state index contributed by atoms with van der Waals surface area (Å²) < 4.78 is 0. The summed E-state index contributed by atoms with van der Waals surface area (Å²) in [6, 6.07) is -3.97. The van der Waals surface area contributed by atoms with E-state index in [9.17, 15) is 68.4 Å². The summed E-state index contributed by atoms with van der Waals surface area (Å²) in [5.74, 6) is -11.4. The van der Waals surface area contributed by atoms with E-state index in [2.05, 4.69) is 42.5 Å². The molecule has 0 aliphatic heterocycles. The summed E-state index contributed by atoms with van der Waals surface area (Å²) in [5.41, 5.74) is 6.17. The molecule has 0 heterocycles. The molecule has 0 aliphatic rings. The molecule has 0 saturated carbocycles. The van der Waals surface area contributed by atoms with Crippen LogP contribution in [0, 0.1) is 23.7 Å². The maximum atomic E-state index is 14.0. The number of aliphatic hydroxyl groups excluding tert-OH is 2. The molecule has 0 saturated heterocycles. The Hall–Kier alpha value is -6.20. The van der Waals surface area contributed by atoms with Crippen molar-refractivity contribution in [2.75, 3.05) is 13.2 Å². The number of aliphatic hydroxyl groups is 2. The van der Waals surface area contributed by atoms with E-state index in [4.69, 9.17) is 5.73 Å². The highest BCUT2D eigenvalue weighted by molar-refractivity contribution is 5.98. The minimum atomic E-state index is -1.68. The van der Waals surface area contributed by atoms with E-state index in [0.717, 1.165) is 0 Å². The Labute approximate surface area is 396 Å². The number of carbonyl (C=O) groups excluding carboxylic acids is 8. The number of aliphatic carboxylic acids is 2. The van der Waals surface area contributed by atoms with E-state index in [1.54, 1.807) is 85.7 Å². The molecule has 0 aliphatic carbocycles. The van der Waals surface area contributed by atoms with Crippen molar-refractivity contribution in [1.29, 1.82) is 0 Å². The molecule has 0 spiro atoms. The smallest absolute Gasteiger partial charge is 0.326 e. The maximum Gasteiger partial charge on any atom is 0.326 e. The molecule has 0 bridgehead atoms. The molecule has 68 heavy (non-hydrogen) atoms. The van der Waals surface area contributed by atoms with Crippen molar-refractivity contribution in [2.24, 2.45) is 29.4 Å². The number of hydrogen-bond acceptors (Lipinski definition) is 13. The second-order valence-corrected chi connectivity index (χ2v) is 17.9. The molecule has 14 N–H and O–H groups in total. The second kappa shape index (κ2) is 29.5. The minimum Gasteiger partial charge on any atom is -0.481 e. The van der Waals surface area contributed by atoms with Crippen LogP contribution >= 0.6 is 0 Å². The lowest BCUT2D eigenvalue weighted by Crippen LogP contribution is -2.62. The molecular weight excluding hydrogens is 891 g/mol. The zero-order valence-corrected chi connectivity index (χ0v) is 40.3. The summed E-state index contributed by atoms with van der Waals surface area (Å²) in [5, 5.41) is 58.3. The molecule has 1 aromatic carbocycles. The molecule has 0 fully saturated rings. The lowest BCUT2D eigenvalue weighted by atomic mass is 9.96. The van der Waals surface area contributed by atoms with Gasteiger partial charge in [-0.25, -0.2) is 4.79 Å². The van der Waals surface area contributed by atoms with Crippen molar-refractivity contribution in [2.45, 2.75) is 149 Å². The summed E-state index contributed by atoms with van der Waals surface area (Å²) in [6.45, 7) is 13.0. The molecule has 1 aromatic rings. The van der Waals surface area contributed by atoms with Crippen LogP contribution in [-0.2, 0) is 54.4 Å². The van der Waals surface area contributed by atoms with E-state index in [0.29, 0.717) is 12.0 Å². The van der Waals surface area contributed by atoms with Gasteiger partial charge in [0.1, 0.15) is 54.4 Å². The van der Waals surface area contributed by atoms with Crippen LogP contribution in [0.1, 0.15) is 93.6 Å². The third kappa shape index (κ3) is 20.3. The van der Waals surface area contributed by atoms with E-state index in [-0.39, 0.29) is 18.8 Å². The van der Waals surface area contributed by atoms with Gasteiger partial charge in [-0.2, -0.15) is 0 Å². The van der Waals surface area contributed by atoms with Crippen LogP contribution in [0.25, 0.3) is 0 Å². The van der Waals surface area contributed by atoms with E-state index in [1.165, 1.54) is 6.92 Å². The number of carboxylic acids is 2. The number of carboxylic acid groups (broad SMARTS) is 2. The van der Waals surface area contributed by atoms with Crippen LogP contribution in [-0.4, -0.2) is 147 Å². The Morgan fingerprint density at radius 3 is 1.47 bits per heavy atom. The topological polar surface area (TPSA) is 374 Å². The Morgan fingerprint density at radius 2 is 0.985 bits per heavy atom. The van der Waals surface area contributed by atoms with Crippen LogP contribution in [0.15, 0.2) is 30.3 Å². The molecule has 1 rings (SSSR count). The predicted octanol–water partition coefficient (Wildman–Crippen LogP) is -2.21. The van der Waals surface area contributed by atoms with Gasteiger partial charge in [-0.05, 0) is 49.0 Å². The second-order valence-electron chi connectivity index (χ2n) is 17.9.